The van der Waals surface area contributed by atoms with Gasteiger partial charge < -0.3 is 9.47 Å². The van der Waals surface area contributed by atoms with Crippen LogP contribution in [0, 0.1) is 0 Å². The Bertz CT molecular complexity index is 211. The Kier molecular flexibility index (Phi) is 4.66. The maximum atomic E-state index is 11.2. The van der Waals surface area contributed by atoms with E-state index < -0.39 is 6.10 Å². The largest absolute Gasteiger partial charge is 0.464 e. The van der Waals surface area contributed by atoms with Gasteiger partial charge in [-0.2, -0.15) is 0 Å². The average Bonchev–Trinajstić information content (AvgIpc) is 2.19. The third-order valence-electron chi connectivity index (χ3n) is 2.21. The van der Waals surface area contributed by atoms with E-state index in [-0.39, 0.29) is 12.1 Å². The van der Waals surface area contributed by atoms with Crippen molar-refractivity contribution >= 4 is 5.97 Å². The number of carbonyl (C=O) groups excluding carboxylic acids is 1. The van der Waals surface area contributed by atoms with Crippen molar-refractivity contribution in [2.24, 2.45) is 0 Å². The molecule has 0 amide bonds. The Labute approximate surface area is 85.1 Å². The molecule has 3 nitrogen and oxygen atoms in total. The van der Waals surface area contributed by atoms with E-state index in [2.05, 4.69) is 6.08 Å². The molecule has 0 heterocycles. The van der Waals surface area contributed by atoms with Gasteiger partial charge in [-0.1, -0.05) is 12.2 Å². The van der Waals surface area contributed by atoms with Gasteiger partial charge in [0.05, 0.1) is 12.7 Å². The number of hydrogen-bond acceptors (Lipinski definition) is 3. The van der Waals surface area contributed by atoms with Gasteiger partial charge in [0, 0.05) is 0 Å². The van der Waals surface area contributed by atoms with Crippen LogP contribution >= 0.6 is 0 Å². The molecule has 1 rings (SSSR count). The normalized spacial score (nSPS) is 23.1. The fraction of sp³-hybridized carbons (Fsp3) is 0.727. The summed E-state index contributed by atoms with van der Waals surface area (Å²) in [6, 6.07) is 0. The van der Waals surface area contributed by atoms with Crippen LogP contribution in [0.15, 0.2) is 12.2 Å². The van der Waals surface area contributed by atoms with Crippen molar-refractivity contribution < 1.29 is 14.3 Å². The van der Waals surface area contributed by atoms with E-state index in [4.69, 9.17) is 9.47 Å². The van der Waals surface area contributed by atoms with Gasteiger partial charge in [-0.25, -0.2) is 4.79 Å². The van der Waals surface area contributed by atoms with Gasteiger partial charge in [0.15, 0.2) is 6.10 Å². The molecule has 0 N–H and O–H groups in total. The Morgan fingerprint density at radius 1 is 1.64 bits per heavy atom. The van der Waals surface area contributed by atoms with Crippen LogP contribution in [0.2, 0.25) is 0 Å². The highest BCUT2D eigenvalue weighted by molar-refractivity contribution is 5.74. The highest BCUT2D eigenvalue weighted by Gasteiger charge is 2.19. The molecule has 1 aliphatic rings. The average molecular weight is 198 g/mol. The topological polar surface area (TPSA) is 35.5 Å². The molecular weight excluding hydrogens is 180 g/mol. The molecule has 0 aliphatic heterocycles. The van der Waals surface area contributed by atoms with E-state index in [1.165, 1.54) is 0 Å². The zero-order valence-electron chi connectivity index (χ0n) is 8.86. The molecule has 0 unspecified atom stereocenters. The van der Waals surface area contributed by atoms with Crippen molar-refractivity contribution in [2.75, 3.05) is 6.61 Å². The monoisotopic (exact) mass is 198 g/mol. The minimum Gasteiger partial charge on any atom is -0.464 e. The molecule has 80 valence electrons. The van der Waals surface area contributed by atoms with E-state index in [1.807, 2.05) is 6.08 Å². The Hall–Kier alpha value is -0.830. The Balaban J connectivity index is 2.31. The van der Waals surface area contributed by atoms with E-state index in [0.717, 1.165) is 19.3 Å². The number of carbonyl (C=O) groups is 1. The van der Waals surface area contributed by atoms with Crippen molar-refractivity contribution in [1.82, 2.24) is 0 Å². The Morgan fingerprint density at radius 3 is 3.00 bits per heavy atom. The summed E-state index contributed by atoms with van der Waals surface area (Å²) in [5.74, 6) is -0.272. The molecule has 0 saturated heterocycles. The second-order valence-electron chi connectivity index (χ2n) is 3.43. The predicted molar refractivity (Wildman–Crippen MR) is 54.0 cm³/mol. The molecule has 3 heteroatoms. The number of rotatable bonds is 4. The van der Waals surface area contributed by atoms with Gasteiger partial charge in [0.25, 0.3) is 0 Å². The second kappa shape index (κ2) is 5.81. The quantitative estimate of drug-likeness (QED) is 0.512. The molecule has 2 atom stereocenters. The lowest BCUT2D eigenvalue weighted by Gasteiger charge is -2.20. The molecule has 0 saturated carbocycles. The number of allylic oxidation sites excluding steroid dienone is 1. The van der Waals surface area contributed by atoms with Crippen LogP contribution < -0.4 is 0 Å². The second-order valence-corrected chi connectivity index (χ2v) is 3.43. The first-order valence-electron chi connectivity index (χ1n) is 5.22. The summed E-state index contributed by atoms with van der Waals surface area (Å²) >= 11 is 0. The molecule has 0 fully saturated rings. The summed E-state index contributed by atoms with van der Waals surface area (Å²) < 4.78 is 10.4. The maximum Gasteiger partial charge on any atom is 0.334 e. The number of esters is 1. The first-order chi connectivity index (χ1) is 6.74. The SMILES string of the molecule is CCOC(=O)[C@H](C)O[C@@H]1C=CCCC1. The van der Waals surface area contributed by atoms with Crippen LogP contribution in [0.5, 0.6) is 0 Å². The Morgan fingerprint density at radius 2 is 2.43 bits per heavy atom. The van der Waals surface area contributed by atoms with Crippen molar-refractivity contribution in [1.29, 1.82) is 0 Å². The molecule has 1 aliphatic carbocycles. The summed E-state index contributed by atoms with van der Waals surface area (Å²) in [6.45, 7) is 3.94. The molecule has 0 spiro atoms. The van der Waals surface area contributed by atoms with E-state index in [0.29, 0.717) is 6.61 Å². The van der Waals surface area contributed by atoms with Crippen LogP contribution in [-0.2, 0) is 14.3 Å². The highest BCUT2D eigenvalue weighted by atomic mass is 16.6. The summed E-state index contributed by atoms with van der Waals surface area (Å²) in [4.78, 5) is 11.2. The van der Waals surface area contributed by atoms with Gasteiger partial charge in [0.2, 0.25) is 0 Å². The molecule has 0 radical (unpaired) electrons. The maximum absolute atomic E-state index is 11.2. The molecular formula is C11H18O3. The lowest BCUT2D eigenvalue weighted by atomic mass is 10.1. The first-order valence-corrected chi connectivity index (χ1v) is 5.22. The smallest absolute Gasteiger partial charge is 0.334 e. The van der Waals surface area contributed by atoms with Crippen LogP contribution in [0.4, 0.5) is 0 Å². The van der Waals surface area contributed by atoms with Crippen LogP contribution in [0.1, 0.15) is 33.1 Å². The minimum atomic E-state index is -0.456. The van der Waals surface area contributed by atoms with E-state index >= 15 is 0 Å². The summed E-state index contributed by atoms with van der Waals surface area (Å²) in [5.41, 5.74) is 0. The first kappa shape index (κ1) is 11.2. The lowest BCUT2D eigenvalue weighted by molar-refractivity contribution is -0.157. The van der Waals surface area contributed by atoms with Gasteiger partial charge >= 0.3 is 5.97 Å². The van der Waals surface area contributed by atoms with Crippen molar-refractivity contribution in [3.05, 3.63) is 12.2 Å². The fourth-order valence-corrected chi connectivity index (χ4v) is 1.47. The van der Waals surface area contributed by atoms with Crippen molar-refractivity contribution in [3.63, 3.8) is 0 Å². The number of hydrogen-bond donors (Lipinski definition) is 0. The standard InChI is InChI=1S/C11H18O3/c1-3-13-11(12)9(2)14-10-7-5-4-6-8-10/h5,7,9-10H,3-4,6,8H2,1-2H3/t9-,10+/m0/s1. The molecule has 0 bridgehead atoms. The summed E-state index contributed by atoms with van der Waals surface area (Å²) in [7, 11) is 0. The van der Waals surface area contributed by atoms with E-state index in [1.54, 1.807) is 13.8 Å². The summed E-state index contributed by atoms with van der Waals surface area (Å²) in [5, 5.41) is 0. The fourth-order valence-electron chi connectivity index (χ4n) is 1.47. The van der Waals surface area contributed by atoms with Crippen LogP contribution in [0.25, 0.3) is 0 Å². The van der Waals surface area contributed by atoms with Crippen LogP contribution in [0.3, 0.4) is 0 Å². The zero-order chi connectivity index (χ0) is 10.4. The van der Waals surface area contributed by atoms with Crippen LogP contribution in [-0.4, -0.2) is 24.8 Å². The zero-order valence-corrected chi connectivity index (χ0v) is 8.86. The third-order valence-corrected chi connectivity index (χ3v) is 2.21. The third kappa shape index (κ3) is 3.50. The van der Waals surface area contributed by atoms with Gasteiger partial charge in [0.1, 0.15) is 0 Å². The van der Waals surface area contributed by atoms with Crippen molar-refractivity contribution in [2.45, 2.75) is 45.3 Å². The molecule has 0 aromatic carbocycles. The van der Waals surface area contributed by atoms with Crippen molar-refractivity contribution in [3.8, 4) is 0 Å². The summed E-state index contributed by atoms with van der Waals surface area (Å²) in [6.07, 6.45) is 7.02. The number of ether oxygens (including phenoxy) is 2. The van der Waals surface area contributed by atoms with Gasteiger partial charge in [-0.15, -0.1) is 0 Å². The highest BCUT2D eigenvalue weighted by Crippen LogP contribution is 2.15. The predicted octanol–water partition coefficient (Wildman–Crippen LogP) is 2.06. The van der Waals surface area contributed by atoms with Gasteiger partial charge in [-0.3, -0.25) is 0 Å². The molecule has 14 heavy (non-hydrogen) atoms. The molecule has 0 aromatic heterocycles. The lowest BCUT2D eigenvalue weighted by Crippen LogP contribution is -2.28. The minimum absolute atomic E-state index is 0.0863. The van der Waals surface area contributed by atoms with E-state index in [9.17, 15) is 4.79 Å². The van der Waals surface area contributed by atoms with Gasteiger partial charge in [-0.05, 0) is 33.1 Å². The molecule has 0 aromatic rings.